The van der Waals surface area contributed by atoms with Gasteiger partial charge in [-0.3, -0.25) is 10.1 Å². The van der Waals surface area contributed by atoms with E-state index in [2.05, 4.69) is 20.8 Å². The molecule has 3 heterocycles. The molecule has 3 amide bonds. The Bertz CT molecular complexity index is 680. The number of amides is 3. The highest BCUT2D eigenvalue weighted by atomic mass is 32.1. The van der Waals surface area contributed by atoms with Crippen LogP contribution in [0.15, 0.2) is 0 Å². The van der Waals surface area contributed by atoms with Gasteiger partial charge in [-0.25, -0.2) is 4.79 Å². The first-order chi connectivity index (χ1) is 12.5. The van der Waals surface area contributed by atoms with Gasteiger partial charge in [0.25, 0.3) is 5.91 Å². The molecule has 1 atom stereocenters. The molecular weight excluding hydrogens is 354 g/mol. The fourth-order valence-corrected chi connectivity index (χ4v) is 4.93. The summed E-state index contributed by atoms with van der Waals surface area (Å²) in [5, 5.41) is 15.8. The molecule has 142 valence electrons. The number of urea groups is 1. The lowest BCUT2D eigenvalue weighted by atomic mass is 9.90. The first-order valence-corrected chi connectivity index (χ1v) is 10.3. The number of carbonyl (C=O) groups is 2. The molecule has 1 saturated carbocycles. The maximum Gasteiger partial charge on any atom is 0.323 e. The second kappa shape index (κ2) is 7.11. The van der Waals surface area contributed by atoms with E-state index in [1.165, 1.54) is 43.4 Å². The highest BCUT2D eigenvalue weighted by Gasteiger charge is 2.45. The number of rotatable bonds is 2. The predicted molar refractivity (Wildman–Crippen MR) is 97.0 cm³/mol. The Labute approximate surface area is 156 Å². The molecule has 9 heteroatoms. The van der Waals surface area contributed by atoms with E-state index in [0.29, 0.717) is 37.0 Å². The molecule has 2 saturated heterocycles. The van der Waals surface area contributed by atoms with E-state index in [4.69, 9.17) is 4.74 Å². The average Bonchev–Trinajstić information content (AvgIpc) is 3.21. The SMILES string of the molecule is CC1OC2(CCN(C(=O)Nc3nnc(C4CCCCC4)s3)CC2)NC1=O. The maximum atomic E-state index is 12.5. The second-order valence-corrected chi connectivity index (χ2v) is 8.45. The van der Waals surface area contributed by atoms with E-state index < -0.39 is 11.8 Å². The van der Waals surface area contributed by atoms with Crippen LogP contribution >= 0.6 is 11.3 Å². The van der Waals surface area contributed by atoms with Gasteiger partial charge in [-0.15, -0.1) is 10.2 Å². The fraction of sp³-hybridized carbons (Fsp3) is 0.765. The Hall–Kier alpha value is -1.74. The van der Waals surface area contributed by atoms with Gasteiger partial charge in [0.2, 0.25) is 5.13 Å². The summed E-state index contributed by atoms with van der Waals surface area (Å²) in [7, 11) is 0. The number of piperidine rings is 1. The number of ether oxygens (including phenoxy) is 1. The van der Waals surface area contributed by atoms with Crippen molar-refractivity contribution in [2.75, 3.05) is 18.4 Å². The Morgan fingerprint density at radius 2 is 2.00 bits per heavy atom. The molecular formula is C17H25N5O3S. The summed E-state index contributed by atoms with van der Waals surface area (Å²) in [5.41, 5.74) is -0.607. The van der Waals surface area contributed by atoms with Gasteiger partial charge in [-0.1, -0.05) is 30.6 Å². The van der Waals surface area contributed by atoms with Crippen LogP contribution in [0, 0.1) is 0 Å². The molecule has 0 bridgehead atoms. The molecule has 0 radical (unpaired) electrons. The van der Waals surface area contributed by atoms with Crippen molar-refractivity contribution in [2.45, 2.75) is 69.6 Å². The summed E-state index contributed by atoms with van der Waals surface area (Å²) >= 11 is 1.49. The normalized spacial score (nSPS) is 26.1. The molecule has 1 aromatic heterocycles. The predicted octanol–water partition coefficient (Wildman–Crippen LogP) is 2.44. The number of carbonyl (C=O) groups excluding carboxylic acids is 2. The van der Waals surface area contributed by atoms with Gasteiger partial charge < -0.3 is 15.0 Å². The summed E-state index contributed by atoms with van der Waals surface area (Å²) in [5.74, 6) is 0.416. The first kappa shape index (κ1) is 17.7. The Kier molecular flexibility index (Phi) is 4.83. The second-order valence-electron chi connectivity index (χ2n) is 7.44. The molecule has 4 rings (SSSR count). The van der Waals surface area contributed by atoms with Crippen molar-refractivity contribution < 1.29 is 14.3 Å². The minimum atomic E-state index is -0.607. The van der Waals surface area contributed by atoms with E-state index >= 15 is 0 Å². The number of nitrogens with one attached hydrogen (secondary N) is 2. The van der Waals surface area contributed by atoms with Crippen molar-refractivity contribution in [3.05, 3.63) is 5.01 Å². The lowest BCUT2D eigenvalue weighted by molar-refractivity contribution is -0.123. The lowest BCUT2D eigenvalue weighted by Crippen LogP contribution is -2.53. The van der Waals surface area contributed by atoms with Crippen LogP contribution in [-0.2, 0) is 9.53 Å². The van der Waals surface area contributed by atoms with Crippen molar-refractivity contribution in [3.63, 3.8) is 0 Å². The standard InChI is InChI=1S/C17H25N5O3S/c1-11-13(23)19-17(25-11)7-9-22(10-8-17)16(24)18-15-21-20-14(26-15)12-5-3-2-4-6-12/h11-12H,2-10H2,1H3,(H,19,23)(H,18,21,24). The molecule has 1 unspecified atom stereocenters. The number of nitrogens with zero attached hydrogens (tertiary/aromatic N) is 3. The van der Waals surface area contributed by atoms with Crippen molar-refractivity contribution in [3.8, 4) is 0 Å². The zero-order valence-corrected chi connectivity index (χ0v) is 15.8. The van der Waals surface area contributed by atoms with Crippen LogP contribution in [0.25, 0.3) is 0 Å². The van der Waals surface area contributed by atoms with Gasteiger partial charge in [-0.05, 0) is 19.8 Å². The minimum absolute atomic E-state index is 0.0768. The Morgan fingerprint density at radius 3 is 2.65 bits per heavy atom. The monoisotopic (exact) mass is 379 g/mol. The third kappa shape index (κ3) is 3.55. The third-order valence-corrected chi connectivity index (χ3v) is 6.59. The topological polar surface area (TPSA) is 96.4 Å². The first-order valence-electron chi connectivity index (χ1n) is 9.44. The molecule has 3 aliphatic rings. The Balaban J connectivity index is 1.31. The molecule has 3 fully saturated rings. The largest absolute Gasteiger partial charge is 0.343 e. The van der Waals surface area contributed by atoms with Crippen LogP contribution in [0.5, 0.6) is 0 Å². The molecule has 0 aromatic carbocycles. The summed E-state index contributed by atoms with van der Waals surface area (Å²) < 4.78 is 5.78. The van der Waals surface area contributed by atoms with Crippen molar-refractivity contribution >= 4 is 28.4 Å². The van der Waals surface area contributed by atoms with E-state index in [9.17, 15) is 9.59 Å². The number of aromatic nitrogens is 2. The van der Waals surface area contributed by atoms with Crippen LogP contribution in [0.1, 0.15) is 62.8 Å². The highest BCUT2D eigenvalue weighted by Crippen LogP contribution is 2.35. The fourth-order valence-electron chi connectivity index (χ4n) is 4.03. The molecule has 2 N–H and O–H groups in total. The summed E-state index contributed by atoms with van der Waals surface area (Å²) in [4.78, 5) is 25.9. The van der Waals surface area contributed by atoms with Crippen LogP contribution in [0.3, 0.4) is 0 Å². The third-order valence-electron chi connectivity index (χ3n) is 5.59. The van der Waals surface area contributed by atoms with Gasteiger partial charge >= 0.3 is 6.03 Å². The van der Waals surface area contributed by atoms with Crippen LogP contribution < -0.4 is 10.6 Å². The summed E-state index contributed by atoms with van der Waals surface area (Å²) in [6.45, 7) is 2.82. The quantitative estimate of drug-likeness (QED) is 0.823. The summed E-state index contributed by atoms with van der Waals surface area (Å²) in [6, 6.07) is -0.163. The number of anilines is 1. The smallest absolute Gasteiger partial charge is 0.323 e. The average molecular weight is 379 g/mol. The van der Waals surface area contributed by atoms with Gasteiger partial charge in [0.1, 0.15) is 16.8 Å². The summed E-state index contributed by atoms with van der Waals surface area (Å²) in [6.07, 6.45) is 6.91. The molecule has 1 aliphatic carbocycles. The van der Waals surface area contributed by atoms with Gasteiger partial charge in [-0.2, -0.15) is 0 Å². The maximum absolute atomic E-state index is 12.5. The molecule has 26 heavy (non-hydrogen) atoms. The van der Waals surface area contributed by atoms with E-state index in [-0.39, 0.29) is 11.9 Å². The van der Waals surface area contributed by atoms with E-state index in [1.54, 1.807) is 11.8 Å². The molecule has 2 aliphatic heterocycles. The van der Waals surface area contributed by atoms with Gasteiger partial charge in [0, 0.05) is 31.8 Å². The van der Waals surface area contributed by atoms with Crippen molar-refractivity contribution in [2.24, 2.45) is 0 Å². The van der Waals surface area contributed by atoms with Crippen LogP contribution in [0.2, 0.25) is 0 Å². The Morgan fingerprint density at radius 1 is 1.27 bits per heavy atom. The van der Waals surface area contributed by atoms with Gasteiger partial charge in [0.15, 0.2) is 0 Å². The molecule has 1 spiro atoms. The molecule has 1 aromatic rings. The van der Waals surface area contributed by atoms with Crippen LogP contribution in [0.4, 0.5) is 9.93 Å². The number of hydrogen-bond acceptors (Lipinski definition) is 6. The van der Waals surface area contributed by atoms with Gasteiger partial charge in [0.05, 0.1) is 0 Å². The highest BCUT2D eigenvalue weighted by molar-refractivity contribution is 7.15. The number of hydrogen-bond donors (Lipinski definition) is 2. The van der Waals surface area contributed by atoms with Crippen LogP contribution in [-0.4, -0.2) is 52.0 Å². The van der Waals surface area contributed by atoms with E-state index in [0.717, 1.165) is 5.01 Å². The minimum Gasteiger partial charge on any atom is -0.343 e. The number of likely N-dealkylation sites (tertiary alicyclic amines) is 1. The van der Waals surface area contributed by atoms with Crippen molar-refractivity contribution in [1.29, 1.82) is 0 Å². The van der Waals surface area contributed by atoms with E-state index in [1.807, 2.05) is 0 Å². The van der Waals surface area contributed by atoms with Crippen molar-refractivity contribution in [1.82, 2.24) is 20.4 Å². The lowest BCUT2D eigenvalue weighted by Gasteiger charge is -2.38. The zero-order chi connectivity index (χ0) is 18.1. The molecule has 8 nitrogen and oxygen atoms in total. The zero-order valence-electron chi connectivity index (χ0n) is 15.0.